The molecule has 0 amide bonds. The molecule has 1 unspecified atom stereocenters. The molecule has 1 N–H and O–H groups in total. The zero-order valence-electron chi connectivity index (χ0n) is 10.8. The molecule has 1 nitrogen and oxygen atoms in total. The van der Waals surface area contributed by atoms with E-state index < -0.39 is 0 Å². The van der Waals surface area contributed by atoms with Crippen LogP contribution in [0.1, 0.15) is 39.2 Å². The van der Waals surface area contributed by atoms with Gasteiger partial charge in [0.2, 0.25) is 0 Å². The zero-order valence-corrected chi connectivity index (χ0v) is 12.3. The molecule has 1 atom stereocenters. The van der Waals surface area contributed by atoms with Crippen LogP contribution >= 0.6 is 15.9 Å². The van der Waals surface area contributed by atoms with E-state index in [4.69, 9.17) is 0 Å². The van der Waals surface area contributed by atoms with Gasteiger partial charge in [0.15, 0.2) is 0 Å². The molecule has 1 aromatic rings. The van der Waals surface area contributed by atoms with Gasteiger partial charge in [-0.1, -0.05) is 35.8 Å². The molecular weight excluding hydrogens is 281 g/mol. The Bertz CT molecular complexity index is 352. The molecule has 0 heterocycles. The zero-order chi connectivity index (χ0) is 12.8. The summed E-state index contributed by atoms with van der Waals surface area (Å²) in [7, 11) is 0. The highest BCUT2D eigenvalue weighted by atomic mass is 79.9. The van der Waals surface area contributed by atoms with Crippen molar-refractivity contribution in [2.24, 2.45) is 5.92 Å². The average Bonchev–Trinajstić information content (AvgIpc) is 2.25. The summed E-state index contributed by atoms with van der Waals surface area (Å²) in [6.07, 6.45) is 2.34. The lowest BCUT2D eigenvalue weighted by Gasteiger charge is -2.15. The number of benzene rings is 1. The SMILES string of the molecule is CC(C)CCC(C)NCc1ccc(Br)cc1F. The van der Waals surface area contributed by atoms with Crippen LogP contribution in [0.15, 0.2) is 22.7 Å². The van der Waals surface area contributed by atoms with E-state index in [0.29, 0.717) is 12.6 Å². The summed E-state index contributed by atoms with van der Waals surface area (Å²) in [5.41, 5.74) is 0.726. The molecular formula is C14H21BrFN. The molecule has 96 valence electrons. The number of nitrogens with one attached hydrogen (secondary N) is 1. The molecule has 0 aliphatic rings. The topological polar surface area (TPSA) is 12.0 Å². The molecule has 0 fully saturated rings. The van der Waals surface area contributed by atoms with Crippen LogP contribution in [0.4, 0.5) is 4.39 Å². The largest absolute Gasteiger partial charge is 0.310 e. The maximum atomic E-state index is 13.5. The van der Waals surface area contributed by atoms with Crippen LogP contribution in [-0.4, -0.2) is 6.04 Å². The van der Waals surface area contributed by atoms with Gasteiger partial charge in [-0.25, -0.2) is 4.39 Å². The summed E-state index contributed by atoms with van der Waals surface area (Å²) in [5, 5.41) is 3.36. The molecule has 17 heavy (non-hydrogen) atoms. The summed E-state index contributed by atoms with van der Waals surface area (Å²) < 4.78 is 14.3. The third kappa shape index (κ3) is 5.64. The number of halogens is 2. The minimum absolute atomic E-state index is 0.150. The molecule has 0 aliphatic carbocycles. The molecule has 0 aliphatic heterocycles. The fraction of sp³-hybridized carbons (Fsp3) is 0.571. The van der Waals surface area contributed by atoms with Gasteiger partial charge < -0.3 is 5.32 Å². The molecule has 0 aromatic heterocycles. The van der Waals surface area contributed by atoms with Crippen molar-refractivity contribution in [2.45, 2.75) is 46.2 Å². The Morgan fingerprint density at radius 3 is 2.53 bits per heavy atom. The Balaban J connectivity index is 2.39. The summed E-state index contributed by atoms with van der Waals surface area (Å²) in [4.78, 5) is 0. The fourth-order valence-corrected chi connectivity index (χ4v) is 1.97. The Hall–Kier alpha value is -0.410. The molecule has 0 spiro atoms. The van der Waals surface area contributed by atoms with E-state index in [2.05, 4.69) is 42.0 Å². The average molecular weight is 302 g/mol. The van der Waals surface area contributed by atoms with E-state index in [0.717, 1.165) is 22.4 Å². The van der Waals surface area contributed by atoms with Crippen LogP contribution in [0, 0.1) is 11.7 Å². The maximum absolute atomic E-state index is 13.5. The molecule has 0 saturated carbocycles. The first-order valence-corrected chi connectivity index (χ1v) is 6.95. The summed E-state index contributed by atoms with van der Waals surface area (Å²) >= 11 is 3.26. The molecule has 0 radical (unpaired) electrons. The van der Waals surface area contributed by atoms with Gasteiger partial charge >= 0.3 is 0 Å². The highest BCUT2D eigenvalue weighted by molar-refractivity contribution is 9.10. The lowest BCUT2D eigenvalue weighted by molar-refractivity contribution is 0.446. The standard InChI is InChI=1S/C14H21BrFN/c1-10(2)4-5-11(3)17-9-12-6-7-13(15)8-14(12)16/h6-8,10-11,17H,4-5,9H2,1-3H3. The molecule has 1 rings (SSSR count). The lowest BCUT2D eigenvalue weighted by Crippen LogP contribution is -2.26. The molecule has 0 bridgehead atoms. The Labute approximate surface area is 112 Å². The van der Waals surface area contributed by atoms with Gasteiger partial charge in [-0.3, -0.25) is 0 Å². The first-order chi connectivity index (χ1) is 7.99. The maximum Gasteiger partial charge on any atom is 0.128 e. The van der Waals surface area contributed by atoms with E-state index in [1.54, 1.807) is 0 Å². The summed E-state index contributed by atoms with van der Waals surface area (Å²) in [5.74, 6) is 0.576. The fourth-order valence-electron chi connectivity index (χ4n) is 1.63. The van der Waals surface area contributed by atoms with E-state index in [9.17, 15) is 4.39 Å². The molecule has 0 saturated heterocycles. The first kappa shape index (κ1) is 14.7. The van der Waals surface area contributed by atoms with Crippen molar-refractivity contribution >= 4 is 15.9 Å². The Morgan fingerprint density at radius 1 is 1.24 bits per heavy atom. The van der Waals surface area contributed by atoms with E-state index in [1.165, 1.54) is 12.5 Å². The van der Waals surface area contributed by atoms with Gasteiger partial charge in [-0.15, -0.1) is 0 Å². The lowest BCUT2D eigenvalue weighted by atomic mass is 10.0. The summed E-state index contributed by atoms with van der Waals surface area (Å²) in [6, 6.07) is 5.64. The Morgan fingerprint density at radius 2 is 1.94 bits per heavy atom. The van der Waals surface area contributed by atoms with E-state index >= 15 is 0 Å². The minimum atomic E-state index is -0.150. The van der Waals surface area contributed by atoms with Crippen LogP contribution in [0.25, 0.3) is 0 Å². The van der Waals surface area contributed by atoms with Crippen molar-refractivity contribution in [3.05, 3.63) is 34.1 Å². The van der Waals surface area contributed by atoms with Crippen molar-refractivity contribution in [2.75, 3.05) is 0 Å². The van der Waals surface area contributed by atoms with Gasteiger partial charge in [-0.05, 0) is 37.8 Å². The Kier molecular flexibility index (Phi) is 6.14. The predicted octanol–water partition coefficient (Wildman–Crippen LogP) is 4.50. The monoisotopic (exact) mass is 301 g/mol. The number of hydrogen-bond donors (Lipinski definition) is 1. The highest BCUT2D eigenvalue weighted by Crippen LogP contribution is 2.15. The van der Waals surface area contributed by atoms with Crippen molar-refractivity contribution in [3.8, 4) is 0 Å². The minimum Gasteiger partial charge on any atom is -0.310 e. The van der Waals surface area contributed by atoms with Gasteiger partial charge in [0.05, 0.1) is 0 Å². The second-order valence-corrected chi connectivity index (χ2v) is 5.90. The second kappa shape index (κ2) is 7.12. The third-order valence-electron chi connectivity index (χ3n) is 2.83. The second-order valence-electron chi connectivity index (χ2n) is 4.99. The van der Waals surface area contributed by atoms with Crippen molar-refractivity contribution < 1.29 is 4.39 Å². The van der Waals surface area contributed by atoms with Crippen molar-refractivity contribution in [1.82, 2.24) is 5.32 Å². The van der Waals surface area contributed by atoms with Gasteiger partial charge in [-0.2, -0.15) is 0 Å². The van der Waals surface area contributed by atoms with Crippen LogP contribution in [0.2, 0.25) is 0 Å². The predicted molar refractivity (Wildman–Crippen MR) is 74.5 cm³/mol. The van der Waals surface area contributed by atoms with E-state index in [-0.39, 0.29) is 5.82 Å². The quantitative estimate of drug-likeness (QED) is 0.815. The van der Waals surface area contributed by atoms with Gasteiger partial charge in [0.1, 0.15) is 5.82 Å². The van der Waals surface area contributed by atoms with E-state index in [1.807, 2.05) is 12.1 Å². The summed E-state index contributed by atoms with van der Waals surface area (Å²) in [6.45, 7) is 7.19. The number of rotatable bonds is 6. The number of hydrogen-bond acceptors (Lipinski definition) is 1. The highest BCUT2D eigenvalue weighted by Gasteiger charge is 2.06. The van der Waals surface area contributed by atoms with Crippen LogP contribution < -0.4 is 5.32 Å². The van der Waals surface area contributed by atoms with Crippen LogP contribution in [-0.2, 0) is 6.54 Å². The smallest absolute Gasteiger partial charge is 0.128 e. The third-order valence-corrected chi connectivity index (χ3v) is 3.33. The van der Waals surface area contributed by atoms with Gasteiger partial charge in [0, 0.05) is 22.6 Å². The van der Waals surface area contributed by atoms with Crippen molar-refractivity contribution in [1.29, 1.82) is 0 Å². The molecule has 3 heteroatoms. The molecule has 1 aromatic carbocycles. The van der Waals surface area contributed by atoms with Crippen LogP contribution in [0.3, 0.4) is 0 Å². The first-order valence-electron chi connectivity index (χ1n) is 6.16. The van der Waals surface area contributed by atoms with Gasteiger partial charge in [0.25, 0.3) is 0 Å². The normalized spacial score (nSPS) is 13.1. The van der Waals surface area contributed by atoms with Crippen LogP contribution in [0.5, 0.6) is 0 Å². The van der Waals surface area contributed by atoms with Crippen molar-refractivity contribution in [3.63, 3.8) is 0 Å².